The van der Waals surface area contributed by atoms with Crippen molar-refractivity contribution >= 4 is 0 Å². The number of rotatable bonds is 6. The number of ether oxygens (including phenoxy) is 1. The lowest BCUT2D eigenvalue weighted by atomic mass is 10.1. The molecule has 3 N–H and O–H groups in total. The first-order valence-electron chi connectivity index (χ1n) is 6.98. The van der Waals surface area contributed by atoms with Crippen molar-refractivity contribution in [2.24, 2.45) is 0 Å². The smallest absolute Gasteiger partial charge is 0.124 e. The van der Waals surface area contributed by atoms with Gasteiger partial charge in [-0.3, -0.25) is 0 Å². The van der Waals surface area contributed by atoms with Gasteiger partial charge in [0.05, 0.1) is 7.11 Å². The molecule has 0 spiro atoms. The molecule has 2 rings (SSSR count). The van der Waals surface area contributed by atoms with Crippen molar-refractivity contribution in [3.8, 4) is 17.2 Å². The van der Waals surface area contributed by atoms with Crippen LogP contribution in [0.25, 0.3) is 0 Å². The molecule has 0 saturated carbocycles. The molecule has 0 fully saturated rings. The highest BCUT2D eigenvalue weighted by atomic mass is 16.5. The molecule has 0 heterocycles. The highest BCUT2D eigenvalue weighted by Crippen LogP contribution is 2.27. The van der Waals surface area contributed by atoms with E-state index in [1.165, 1.54) is 11.6 Å². The van der Waals surface area contributed by atoms with Gasteiger partial charge in [-0.15, -0.1) is 0 Å². The monoisotopic (exact) mass is 287 g/mol. The van der Waals surface area contributed by atoms with Crippen LogP contribution in [0, 0.1) is 0 Å². The number of hydrogen-bond donors (Lipinski definition) is 3. The normalized spacial score (nSPS) is 12.1. The minimum absolute atomic E-state index is 0.0175. The molecular formula is C17H21NO3. The summed E-state index contributed by atoms with van der Waals surface area (Å²) in [7, 11) is 1.66. The largest absolute Gasteiger partial charge is 0.508 e. The SMILES string of the molecule is COc1ccc(CCNC(C)c2ccc(O)cc2O)cc1. The summed E-state index contributed by atoms with van der Waals surface area (Å²) in [5, 5.41) is 22.5. The molecule has 1 unspecified atom stereocenters. The standard InChI is InChI=1S/C17H21NO3/c1-12(16-8-5-14(19)11-17(16)20)18-10-9-13-3-6-15(21-2)7-4-13/h3-8,11-12,18-20H,9-10H2,1-2H3. The van der Waals surface area contributed by atoms with E-state index in [1.54, 1.807) is 19.2 Å². The van der Waals surface area contributed by atoms with Crippen LogP contribution in [0.3, 0.4) is 0 Å². The van der Waals surface area contributed by atoms with Crippen molar-refractivity contribution in [2.45, 2.75) is 19.4 Å². The van der Waals surface area contributed by atoms with Crippen molar-refractivity contribution in [1.82, 2.24) is 5.32 Å². The molecule has 0 saturated heterocycles. The van der Waals surface area contributed by atoms with Gasteiger partial charge in [0.2, 0.25) is 0 Å². The molecular weight excluding hydrogens is 266 g/mol. The molecule has 4 nitrogen and oxygen atoms in total. The lowest BCUT2D eigenvalue weighted by Crippen LogP contribution is -2.21. The fraction of sp³-hybridized carbons (Fsp3) is 0.294. The fourth-order valence-corrected chi connectivity index (χ4v) is 2.23. The Hall–Kier alpha value is -2.20. The van der Waals surface area contributed by atoms with Crippen LogP contribution in [0.4, 0.5) is 0 Å². The van der Waals surface area contributed by atoms with Crippen LogP contribution >= 0.6 is 0 Å². The minimum atomic E-state index is 0.0175. The van der Waals surface area contributed by atoms with Crippen LogP contribution in [0.2, 0.25) is 0 Å². The predicted molar refractivity (Wildman–Crippen MR) is 82.9 cm³/mol. The van der Waals surface area contributed by atoms with Crippen molar-refractivity contribution in [3.63, 3.8) is 0 Å². The van der Waals surface area contributed by atoms with Crippen LogP contribution < -0.4 is 10.1 Å². The van der Waals surface area contributed by atoms with E-state index in [0.717, 1.165) is 24.3 Å². The van der Waals surface area contributed by atoms with E-state index in [9.17, 15) is 10.2 Å². The van der Waals surface area contributed by atoms with Crippen LogP contribution in [0.1, 0.15) is 24.1 Å². The fourth-order valence-electron chi connectivity index (χ4n) is 2.23. The predicted octanol–water partition coefficient (Wildman–Crippen LogP) is 3.00. The van der Waals surface area contributed by atoms with Crippen molar-refractivity contribution in [3.05, 3.63) is 53.6 Å². The van der Waals surface area contributed by atoms with Gasteiger partial charge in [-0.25, -0.2) is 0 Å². The zero-order valence-corrected chi connectivity index (χ0v) is 12.3. The molecule has 0 aliphatic rings. The van der Waals surface area contributed by atoms with Crippen molar-refractivity contribution in [2.75, 3.05) is 13.7 Å². The van der Waals surface area contributed by atoms with Gasteiger partial charge in [-0.05, 0) is 43.7 Å². The molecule has 4 heteroatoms. The number of aromatic hydroxyl groups is 2. The third-order valence-electron chi connectivity index (χ3n) is 3.50. The molecule has 0 radical (unpaired) electrons. The third-order valence-corrected chi connectivity index (χ3v) is 3.50. The lowest BCUT2D eigenvalue weighted by Gasteiger charge is -2.16. The molecule has 2 aromatic rings. The Balaban J connectivity index is 1.87. The average Bonchev–Trinajstić information content (AvgIpc) is 2.47. The molecule has 112 valence electrons. The van der Waals surface area contributed by atoms with Crippen LogP contribution in [-0.2, 0) is 6.42 Å². The third kappa shape index (κ3) is 4.13. The molecule has 0 aliphatic heterocycles. The van der Waals surface area contributed by atoms with E-state index in [2.05, 4.69) is 5.32 Å². The van der Waals surface area contributed by atoms with Gasteiger partial charge in [0.1, 0.15) is 17.2 Å². The van der Waals surface area contributed by atoms with Gasteiger partial charge in [0, 0.05) is 17.7 Å². The second kappa shape index (κ2) is 6.99. The van der Waals surface area contributed by atoms with E-state index in [4.69, 9.17) is 4.74 Å². The maximum Gasteiger partial charge on any atom is 0.124 e. The Bertz CT molecular complexity index is 581. The number of phenolic OH excluding ortho intramolecular Hbond substituents is 2. The van der Waals surface area contributed by atoms with Crippen LogP contribution in [0.15, 0.2) is 42.5 Å². The maximum absolute atomic E-state index is 9.82. The minimum Gasteiger partial charge on any atom is -0.508 e. The summed E-state index contributed by atoms with van der Waals surface area (Å²) in [6, 6.07) is 12.7. The highest BCUT2D eigenvalue weighted by Gasteiger charge is 2.10. The van der Waals surface area contributed by atoms with E-state index < -0.39 is 0 Å². The molecule has 0 aromatic heterocycles. The van der Waals surface area contributed by atoms with Gasteiger partial charge in [-0.2, -0.15) is 0 Å². The molecule has 1 atom stereocenters. The van der Waals surface area contributed by atoms with Gasteiger partial charge >= 0.3 is 0 Å². The molecule has 0 aliphatic carbocycles. The van der Waals surface area contributed by atoms with Gasteiger partial charge in [0.15, 0.2) is 0 Å². The number of phenols is 2. The summed E-state index contributed by atoms with van der Waals surface area (Å²) in [5.74, 6) is 1.04. The van der Waals surface area contributed by atoms with Gasteiger partial charge in [0.25, 0.3) is 0 Å². The van der Waals surface area contributed by atoms with Gasteiger partial charge < -0.3 is 20.3 Å². The summed E-state index contributed by atoms with van der Waals surface area (Å²) in [5.41, 5.74) is 2.01. The van der Waals surface area contributed by atoms with Gasteiger partial charge in [-0.1, -0.05) is 18.2 Å². The van der Waals surface area contributed by atoms with E-state index >= 15 is 0 Å². The Labute approximate surface area is 125 Å². The summed E-state index contributed by atoms with van der Waals surface area (Å²) in [6.45, 7) is 2.79. The van der Waals surface area contributed by atoms with E-state index in [1.807, 2.05) is 31.2 Å². The first kappa shape index (κ1) is 15.2. The number of methoxy groups -OCH3 is 1. The summed E-state index contributed by atoms with van der Waals surface area (Å²) in [4.78, 5) is 0. The highest BCUT2D eigenvalue weighted by molar-refractivity contribution is 5.40. The molecule has 0 bridgehead atoms. The average molecular weight is 287 g/mol. The maximum atomic E-state index is 9.82. The van der Waals surface area contributed by atoms with Crippen molar-refractivity contribution < 1.29 is 14.9 Å². The van der Waals surface area contributed by atoms with Crippen LogP contribution in [-0.4, -0.2) is 23.9 Å². The first-order chi connectivity index (χ1) is 10.1. The molecule has 0 amide bonds. The quantitative estimate of drug-likeness (QED) is 0.764. The summed E-state index contributed by atoms with van der Waals surface area (Å²) in [6.07, 6.45) is 0.896. The zero-order chi connectivity index (χ0) is 15.2. The Kier molecular flexibility index (Phi) is 5.06. The molecule has 2 aromatic carbocycles. The Morgan fingerprint density at radius 3 is 2.43 bits per heavy atom. The molecule has 21 heavy (non-hydrogen) atoms. The lowest BCUT2D eigenvalue weighted by molar-refractivity contribution is 0.414. The number of benzene rings is 2. The van der Waals surface area contributed by atoms with Crippen LogP contribution in [0.5, 0.6) is 17.2 Å². The summed E-state index contributed by atoms with van der Waals surface area (Å²) < 4.78 is 5.13. The van der Waals surface area contributed by atoms with E-state index in [0.29, 0.717) is 0 Å². The second-order valence-electron chi connectivity index (χ2n) is 5.02. The Morgan fingerprint density at radius 1 is 1.10 bits per heavy atom. The number of nitrogens with one attached hydrogen (secondary N) is 1. The topological polar surface area (TPSA) is 61.7 Å². The van der Waals surface area contributed by atoms with E-state index in [-0.39, 0.29) is 17.5 Å². The van der Waals surface area contributed by atoms with Crippen molar-refractivity contribution in [1.29, 1.82) is 0 Å². The Morgan fingerprint density at radius 2 is 1.81 bits per heavy atom. The number of hydrogen-bond acceptors (Lipinski definition) is 4. The summed E-state index contributed by atoms with van der Waals surface area (Å²) >= 11 is 0. The zero-order valence-electron chi connectivity index (χ0n) is 12.3. The first-order valence-corrected chi connectivity index (χ1v) is 6.98. The second-order valence-corrected chi connectivity index (χ2v) is 5.02.